The first-order chi connectivity index (χ1) is 16.5. The second kappa shape index (κ2) is 10.7. The van der Waals surface area contributed by atoms with Crippen molar-refractivity contribution in [1.29, 1.82) is 0 Å². The number of rotatable bonds is 8. The van der Waals surface area contributed by atoms with E-state index in [0.29, 0.717) is 5.69 Å². The number of hydrogen-bond donors (Lipinski definition) is 2. The van der Waals surface area contributed by atoms with Gasteiger partial charge in [-0.1, -0.05) is 31.0 Å². The Morgan fingerprint density at radius 3 is 2.56 bits per heavy atom. The topological polar surface area (TPSA) is 105 Å². The fourth-order valence-electron chi connectivity index (χ4n) is 4.11. The SMILES string of the molecule is O=C(NCC(=O)N(c1cccnc1)[C@H](C(=O)NC1CCCC1)c1ccccc1F)c1ccco1. The van der Waals surface area contributed by atoms with E-state index in [-0.39, 0.29) is 17.4 Å². The fraction of sp³-hybridized carbons (Fsp3) is 0.280. The quantitative estimate of drug-likeness (QED) is 0.532. The lowest BCUT2D eigenvalue weighted by Crippen LogP contribution is -2.49. The van der Waals surface area contributed by atoms with Crippen molar-refractivity contribution in [1.82, 2.24) is 15.6 Å². The summed E-state index contributed by atoms with van der Waals surface area (Å²) in [5, 5.41) is 5.47. The summed E-state index contributed by atoms with van der Waals surface area (Å²) in [6.07, 6.45) is 7.95. The predicted octanol–water partition coefficient (Wildman–Crippen LogP) is 3.38. The highest BCUT2D eigenvalue weighted by atomic mass is 19.1. The van der Waals surface area contributed by atoms with Crippen molar-refractivity contribution >= 4 is 23.4 Å². The van der Waals surface area contributed by atoms with E-state index in [1.165, 1.54) is 47.8 Å². The minimum Gasteiger partial charge on any atom is -0.459 e. The van der Waals surface area contributed by atoms with Crippen LogP contribution >= 0.6 is 0 Å². The van der Waals surface area contributed by atoms with Crippen LogP contribution in [0.3, 0.4) is 0 Å². The summed E-state index contributed by atoms with van der Waals surface area (Å²) in [6.45, 7) is -0.434. The Kier molecular flexibility index (Phi) is 7.31. The molecule has 2 N–H and O–H groups in total. The van der Waals surface area contributed by atoms with Crippen molar-refractivity contribution in [2.75, 3.05) is 11.4 Å². The minimum atomic E-state index is -1.29. The smallest absolute Gasteiger partial charge is 0.287 e. The van der Waals surface area contributed by atoms with Gasteiger partial charge < -0.3 is 15.1 Å². The summed E-state index contributed by atoms with van der Waals surface area (Å²) in [7, 11) is 0. The second-order valence-electron chi connectivity index (χ2n) is 8.05. The zero-order chi connectivity index (χ0) is 23.9. The molecule has 1 aliphatic rings. The van der Waals surface area contributed by atoms with Crippen molar-refractivity contribution in [3.05, 3.63) is 84.3 Å². The summed E-state index contributed by atoms with van der Waals surface area (Å²) >= 11 is 0. The molecule has 1 atom stereocenters. The maximum atomic E-state index is 14.9. The first kappa shape index (κ1) is 23.2. The molecule has 4 rings (SSSR count). The summed E-state index contributed by atoms with van der Waals surface area (Å²) in [4.78, 5) is 44.5. The first-order valence-electron chi connectivity index (χ1n) is 11.1. The number of amides is 3. The van der Waals surface area contributed by atoms with Crippen LogP contribution in [0, 0.1) is 5.82 Å². The van der Waals surface area contributed by atoms with Crippen LogP contribution in [0.1, 0.15) is 47.8 Å². The number of halogens is 1. The van der Waals surface area contributed by atoms with E-state index in [1.807, 2.05) is 0 Å². The Morgan fingerprint density at radius 1 is 1.09 bits per heavy atom. The molecule has 3 amide bonds. The molecule has 176 valence electrons. The number of hydrogen-bond acceptors (Lipinski definition) is 5. The Balaban J connectivity index is 1.67. The zero-order valence-corrected chi connectivity index (χ0v) is 18.4. The van der Waals surface area contributed by atoms with Crippen molar-refractivity contribution in [3.8, 4) is 0 Å². The van der Waals surface area contributed by atoms with Crippen molar-refractivity contribution < 1.29 is 23.2 Å². The molecular weight excluding hydrogens is 439 g/mol. The average molecular weight is 464 g/mol. The van der Waals surface area contributed by atoms with Gasteiger partial charge in [0.2, 0.25) is 11.8 Å². The van der Waals surface area contributed by atoms with E-state index in [9.17, 15) is 18.8 Å². The van der Waals surface area contributed by atoms with Gasteiger partial charge in [0.05, 0.1) is 24.7 Å². The van der Waals surface area contributed by atoms with Crippen molar-refractivity contribution in [3.63, 3.8) is 0 Å². The Morgan fingerprint density at radius 2 is 1.88 bits per heavy atom. The van der Waals surface area contributed by atoms with Crippen LogP contribution in [0.2, 0.25) is 0 Å². The lowest BCUT2D eigenvalue weighted by molar-refractivity contribution is -0.126. The zero-order valence-electron chi connectivity index (χ0n) is 18.4. The van der Waals surface area contributed by atoms with Gasteiger partial charge in [0.15, 0.2) is 5.76 Å². The summed E-state index contributed by atoms with van der Waals surface area (Å²) in [5.41, 5.74) is 0.349. The normalized spacial score (nSPS) is 14.4. The summed E-state index contributed by atoms with van der Waals surface area (Å²) in [6, 6.07) is 10.8. The molecule has 0 saturated heterocycles. The molecule has 0 radical (unpaired) electrons. The fourth-order valence-corrected chi connectivity index (χ4v) is 4.11. The number of carbonyl (C=O) groups excluding carboxylic acids is 3. The van der Waals surface area contributed by atoms with E-state index in [2.05, 4.69) is 15.6 Å². The number of aromatic nitrogens is 1. The third-order valence-corrected chi connectivity index (χ3v) is 5.75. The third kappa shape index (κ3) is 5.31. The van der Waals surface area contributed by atoms with Crippen LogP contribution in [-0.4, -0.2) is 35.3 Å². The number of furan rings is 1. The van der Waals surface area contributed by atoms with Gasteiger partial charge in [-0.25, -0.2) is 4.39 Å². The van der Waals surface area contributed by atoms with Gasteiger partial charge >= 0.3 is 0 Å². The van der Waals surface area contributed by atoms with Gasteiger partial charge in [-0.3, -0.25) is 24.3 Å². The molecule has 1 saturated carbocycles. The Hall–Kier alpha value is -4.01. The lowest BCUT2D eigenvalue weighted by Gasteiger charge is -2.32. The van der Waals surface area contributed by atoms with E-state index in [1.54, 1.807) is 24.3 Å². The molecule has 0 bridgehead atoms. The highest BCUT2D eigenvalue weighted by Crippen LogP contribution is 2.30. The highest BCUT2D eigenvalue weighted by molar-refractivity contribution is 6.04. The predicted molar refractivity (Wildman–Crippen MR) is 122 cm³/mol. The molecular formula is C25H25FN4O4. The van der Waals surface area contributed by atoms with Crippen LogP contribution in [0.5, 0.6) is 0 Å². The van der Waals surface area contributed by atoms with Crippen LogP contribution in [-0.2, 0) is 9.59 Å². The van der Waals surface area contributed by atoms with Gasteiger partial charge in [-0.2, -0.15) is 0 Å². The van der Waals surface area contributed by atoms with E-state index in [0.717, 1.165) is 25.7 Å². The van der Waals surface area contributed by atoms with Crippen LogP contribution in [0.4, 0.5) is 10.1 Å². The molecule has 8 nitrogen and oxygen atoms in total. The van der Waals surface area contributed by atoms with Crippen LogP contribution in [0.15, 0.2) is 71.6 Å². The maximum Gasteiger partial charge on any atom is 0.287 e. The maximum absolute atomic E-state index is 14.9. The lowest BCUT2D eigenvalue weighted by atomic mass is 10.0. The molecule has 34 heavy (non-hydrogen) atoms. The Bertz CT molecular complexity index is 1130. The number of anilines is 1. The van der Waals surface area contributed by atoms with E-state index < -0.39 is 36.1 Å². The molecule has 1 aliphatic carbocycles. The van der Waals surface area contributed by atoms with Gasteiger partial charge in [0.1, 0.15) is 11.9 Å². The number of pyridine rings is 1. The molecule has 2 heterocycles. The summed E-state index contributed by atoms with van der Waals surface area (Å²) in [5.74, 6) is -2.25. The number of nitrogens with zero attached hydrogens (tertiary/aromatic N) is 2. The molecule has 1 aromatic carbocycles. The average Bonchev–Trinajstić information content (AvgIpc) is 3.56. The first-order valence-corrected chi connectivity index (χ1v) is 11.1. The molecule has 9 heteroatoms. The highest BCUT2D eigenvalue weighted by Gasteiger charge is 2.36. The minimum absolute atomic E-state index is 0.0359. The van der Waals surface area contributed by atoms with Gasteiger partial charge in [-0.15, -0.1) is 0 Å². The van der Waals surface area contributed by atoms with Crippen LogP contribution in [0.25, 0.3) is 0 Å². The van der Waals surface area contributed by atoms with Gasteiger partial charge in [0, 0.05) is 17.8 Å². The molecule has 0 aliphatic heterocycles. The van der Waals surface area contributed by atoms with Gasteiger partial charge in [0.25, 0.3) is 5.91 Å². The number of carbonyl (C=O) groups is 3. The van der Waals surface area contributed by atoms with Crippen molar-refractivity contribution in [2.45, 2.75) is 37.8 Å². The molecule has 2 aromatic heterocycles. The molecule has 0 spiro atoms. The van der Waals surface area contributed by atoms with Gasteiger partial charge in [-0.05, 0) is 43.2 Å². The second-order valence-corrected chi connectivity index (χ2v) is 8.05. The van der Waals surface area contributed by atoms with E-state index in [4.69, 9.17) is 4.42 Å². The third-order valence-electron chi connectivity index (χ3n) is 5.75. The standard InChI is InChI=1S/C25H25FN4O4/c26-20-11-4-3-10-19(20)23(25(33)29-17-7-1-2-8-17)30(18-9-5-13-27-15-18)22(31)16-28-24(32)21-12-6-14-34-21/h3-6,9-15,17,23H,1-2,7-8,16H2,(H,28,32)(H,29,33)/t23-/m0/s1. The molecule has 3 aromatic rings. The monoisotopic (exact) mass is 464 g/mol. The molecule has 1 fully saturated rings. The largest absolute Gasteiger partial charge is 0.459 e. The number of nitrogens with one attached hydrogen (secondary N) is 2. The van der Waals surface area contributed by atoms with Crippen LogP contribution < -0.4 is 15.5 Å². The summed E-state index contributed by atoms with van der Waals surface area (Å²) < 4.78 is 20.0. The van der Waals surface area contributed by atoms with Crippen molar-refractivity contribution in [2.24, 2.45) is 0 Å². The number of benzene rings is 1. The molecule has 0 unspecified atom stereocenters. The Labute approximate surface area is 196 Å². The van der Waals surface area contributed by atoms with E-state index >= 15 is 0 Å².